The second kappa shape index (κ2) is 4.62. The molecule has 3 heteroatoms. The van der Waals surface area contributed by atoms with E-state index in [0.717, 1.165) is 5.56 Å². The first-order valence-electron chi connectivity index (χ1n) is 4.10. The maximum atomic E-state index is 10.8. The highest BCUT2D eigenvalue weighted by atomic mass is 16.5. The van der Waals surface area contributed by atoms with Crippen LogP contribution in [-0.4, -0.2) is 19.1 Å². The number of amides is 1. The number of carbonyl (C=O) groups excluding carboxylic acids is 1. The molecule has 1 atom stereocenters. The monoisotopic (exact) mass is 179 g/mol. The van der Waals surface area contributed by atoms with E-state index in [9.17, 15) is 4.79 Å². The predicted octanol–water partition coefficient (Wildman–Crippen LogP) is 0.729. The number of methoxy groups -OCH3 is 1. The molecular weight excluding hydrogens is 166 g/mol. The van der Waals surface area contributed by atoms with E-state index in [1.54, 1.807) is 0 Å². The summed E-state index contributed by atoms with van der Waals surface area (Å²) in [5.74, 6) is -0.425. The first-order chi connectivity index (χ1) is 6.24. The Morgan fingerprint density at radius 1 is 1.46 bits per heavy atom. The highest BCUT2D eigenvalue weighted by molar-refractivity contribution is 5.79. The normalized spacial score (nSPS) is 12.4. The summed E-state index contributed by atoms with van der Waals surface area (Å²) in [5.41, 5.74) is 6.18. The molecule has 3 nitrogen and oxygen atoms in total. The molecule has 1 aromatic carbocycles. The molecule has 2 N–H and O–H groups in total. The first-order valence-corrected chi connectivity index (χ1v) is 4.10. The van der Waals surface area contributed by atoms with Crippen molar-refractivity contribution in [3.8, 4) is 0 Å². The number of ether oxygens (including phenoxy) is 1. The van der Waals surface area contributed by atoms with Crippen LogP contribution < -0.4 is 5.73 Å². The van der Waals surface area contributed by atoms with Gasteiger partial charge in [-0.15, -0.1) is 0 Å². The SMILES string of the molecule is COC(Cc1ccccc1)C(N)=O. The fraction of sp³-hybridized carbons (Fsp3) is 0.300. The van der Waals surface area contributed by atoms with Gasteiger partial charge in [0.15, 0.2) is 0 Å². The molecule has 0 fully saturated rings. The molecule has 1 aromatic rings. The summed E-state index contributed by atoms with van der Waals surface area (Å²) < 4.78 is 4.94. The van der Waals surface area contributed by atoms with Gasteiger partial charge in [-0.2, -0.15) is 0 Å². The average Bonchev–Trinajstić information content (AvgIpc) is 2.15. The minimum atomic E-state index is -0.526. The number of benzene rings is 1. The Morgan fingerprint density at radius 2 is 2.08 bits per heavy atom. The summed E-state index contributed by atoms with van der Waals surface area (Å²) in [6, 6.07) is 9.64. The van der Waals surface area contributed by atoms with Crippen molar-refractivity contribution in [2.24, 2.45) is 5.73 Å². The smallest absolute Gasteiger partial charge is 0.246 e. The van der Waals surface area contributed by atoms with Gasteiger partial charge < -0.3 is 10.5 Å². The standard InChI is InChI=1S/C10H13NO2/c1-13-9(10(11)12)7-8-5-3-2-4-6-8/h2-6,9H,7H2,1H3,(H2,11,12). The van der Waals surface area contributed by atoms with E-state index in [-0.39, 0.29) is 0 Å². The second-order valence-electron chi connectivity index (χ2n) is 2.82. The number of carbonyl (C=O) groups is 1. The third kappa shape index (κ3) is 2.87. The molecule has 0 heterocycles. The third-order valence-electron chi connectivity index (χ3n) is 1.87. The van der Waals surface area contributed by atoms with Gasteiger partial charge >= 0.3 is 0 Å². The quantitative estimate of drug-likeness (QED) is 0.740. The van der Waals surface area contributed by atoms with Crippen molar-refractivity contribution in [3.05, 3.63) is 35.9 Å². The fourth-order valence-corrected chi connectivity index (χ4v) is 1.13. The molecule has 1 amide bonds. The molecule has 70 valence electrons. The van der Waals surface area contributed by atoms with Crippen LogP contribution in [0.1, 0.15) is 5.56 Å². The molecule has 0 spiro atoms. The average molecular weight is 179 g/mol. The topological polar surface area (TPSA) is 52.3 Å². The molecule has 0 saturated heterocycles. The summed E-state index contributed by atoms with van der Waals surface area (Å²) >= 11 is 0. The van der Waals surface area contributed by atoms with Crippen LogP contribution in [0.25, 0.3) is 0 Å². The Hall–Kier alpha value is -1.35. The van der Waals surface area contributed by atoms with Crippen LogP contribution in [0, 0.1) is 0 Å². The minimum absolute atomic E-state index is 0.425. The van der Waals surface area contributed by atoms with Gasteiger partial charge in [0, 0.05) is 13.5 Å². The summed E-state index contributed by atoms with van der Waals surface area (Å²) in [5, 5.41) is 0. The zero-order valence-corrected chi connectivity index (χ0v) is 7.57. The van der Waals surface area contributed by atoms with Crippen LogP contribution in [0.2, 0.25) is 0 Å². The molecule has 0 aromatic heterocycles. The lowest BCUT2D eigenvalue weighted by atomic mass is 10.1. The summed E-state index contributed by atoms with van der Waals surface area (Å²) in [6.07, 6.45) is 0.00884. The van der Waals surface area contributed by atoms with E-state index in [4.69, 9.17) is 10.5 Å². The number of hydrogen-bond donors (Lipinski definition) is 1. The summed E-state index contributed by atoms with van der Waals surface area (Å²) in [6.45, 7) is 0. The Morgan fingerprint density at radius 3 is 2.54 bits per heavy atom. The van der Waals surface area contributed by atoms with Crippen LogP contribution in [0.5, 0.6) is 0 Å². The zero-order valence-electron chi connectivity index (χ0n) is 7.57. The molecule has 1 unspecified atom stereocenters. The fourth-order valence-electron chi connectivity index (χ4n) is 1.13. The van der Waals surface area contributed by atoms with Crippen molar-refractivity contribution in [3.63, 3.8) is 0 Å². The van der Waals surface area contributed by atoms with Crippen LogP contribution in [0.4, 0.5) is 0 Å². The highest BCUT2D eigenvalue weighted by Crippen LogP contribution is 2.04. The van der Waals surface area contributed by atoms with Gasteiger partial charge in [0.25, 0.3) is 0 Å². The maximum absolute atomic E-state index is 10.8. The molecule has 1 rings (SSSR count). The number of hydrogen-bond acceptors (Lipinski definition) is 2. The van der Waals surface area contributed by atoms with Crippen molar-refractivity contribution >= 4 is 5.91 Å². The van der Waals surface area contributed by atoms with Gasteiger partial charge in [-0.05, 0) is 5.56 Å². The molecule has 0 aliphatic carbocycles. The van der Waals surface area contributed by atoms with Gasteiger partial charge in [-0.1, -0.05) is 30.3 Å². The second-order valence-corrected chi connectivity index (χ2v) is 2.82. The Bertz CT molecular complexity index is 272. The van der Waals surface area contributed by atoms with E-state index in [0.29, 0.717) is 6.42 Å². The van der Waals surface area contributed by atoms with E-state index >= 15 is 0 Å². The van der Waals surface area contributed by atoms with Crippen LogP contribution in [0.3, 0.4) is 0 Å². The van der Waals surface area contributed by atoms with Gasteiger partial charge in [0.2, 0.25) is 5.91 Å². The molecule has 0 radical (unpaired) electrons. The predicted molar refractivity (Wildman–Crippen MR) is 50.1 cm³/mol. The molecular formula is C10H13NO2. The van der Waals surface area contributed by atoms with E-state index in [1.807, 2.05) is 30.3 Å². The summed E-state index contributed by atoms with van der Waals surface area (Å²) in [7, 11) is 1.48. The van der Waals surface area contributed by atoms with Gasteiger partial charge in [-0.3, -0.25) is 4.79 Å². The van der Waals surface area contributed by atoms with Crippen molar-refractivity contribution in [2.45, 2.75) is 12.5 Å². The Labute approximate surface area is 77.5 Å². The van der Waals surface area contributed by atoms with Crippen LogP contribution in [0.15, 0.2) is 30.3 Å². The minimum Gasteiger partial charge on any atom is -0.371 e. The lowest BCUT2D eigenvalue weighted by Gasteiger charge is -2.10. The molecule has 13 heavy (non-hydrogen) atoms. The lowest BCUT2D eigenvalue weighted by molar-refractivity contribution is -0.127. The van der Waals surface area contributed by atoms with Crippen molar-refractivity contribution in [2.75, 3.05) is 7.11 Å². The highest BCUT2D eigenvalue weighted by Gasteiger charge is 2.13. The Kier molecular flexibility index (Phi) is 3.46. The maximum Gasteiger partial charge on any atom is 0.246 e. The van der Waals surface area contributed by atoms with E-state index < -0.39 is 12.0 Å². The van der Waals surface area contributed by atoms with E-state index in [2.05, 4.69) is 0 Å². The van der Waals surface area contributed by atoms with Crippen LogP contribution in [-0.2, 0) is 16.0 Å². The van der Waals surface area contributed by atoms with Crippen molar-refractivity contribution < 1.29 is 9.53 Å². The lowest BCUT2D eigenvalue weighted by Crippen LogP contribution is -2.32. The van der Waals surface area contributed by atoms with Gasteiger partial charge in [0.1, 0.15) is 6.10 Å². The zero-order chi connectivity index (χ0) is 9.68. The summed E-state index contributed by atoms with van der Waals surface area (Å²) in [4.78, 5) is 10.8. The largest absolute Gasteiger partial charge is 0.371 e. The molecule has 0 aliphatic rings. The molecule has 0 bridgehead atoms. The number of nitrogens with two attached hydrogens (primary N) is 1. The number of primary amides is 1. The van der Waals surface area contributed by atoms with Gasteiger partial charge in [-0.25, -0.2) is 0 Å². The van der Waals surface area contributed by atoms with Crippen molar-refractivity contribution in [1.82, 2.24) is 0 Å². The number of rotatable bonds is 4. The van der Waals surface area contributed by atoms with Crippen molar-refractivity contribution in [1.29, 1.82) is 0 Å². The first kappa shape index (κ1) is 9.74. The van der Waals surface area contributed by atoms with Crippen LogP contribution >= 0.6 is 0 Å². The molecule has 0 aliphatic heterocycles. The third-order valence-corrected chi connectivity index (χ3v) is 1.87. The molecule has 0 saturated carbocycles. The Balaban J connectivity index is 2.62. The van der Waals surface area contributed by atoms with Gasteiger partial charge in [0.05, 0.1) is 0 Å². The van der Waals surface area contributed by atoms with E-state index in [1.165, 1.54) is 7.11 Å².